The van der Waals surface area contributed by atoms with E-state index in [0.717, 1.165) is 11.8 Å². The van der Waals surface area contributed by atoms with Crippen LogP contribution < -0.4 is 4.72 Å². The number of halogens is 1. The van der Waals surface area contributed by atoms with Gasteiger partial charge < -0.3 is 0 Å². The van der Waals surface area contributed by atoms with Crippen LogP contribution in [0.5, 0.6) is 0 Å². The third-order valence-corrected chi connectivity index (χ3v) is 4.48. The van der Waals surface area contributed by atoms with Gasteiger partial charge in [-0.2, -0.15) is 5.10 Å². The lowest BCUT2D eigenvalue weighted by atomic mass is 10.2. The molecule has 5 nitrogen and oxygen atoms in total. The third-order valence-electron chi connectivity index (χ3n) is 3.13. The first-order valence-electron chi connectivity index (χ1n) is 6.01. The number of hydrogen-bond acceptors (Lipinski definition) is 3. The summed E-state index contributed by atoms with van der Waals surface area (Å²) in [4.78, 5) is -0.365. The van der Waals surface area contributed by atoms with E-state index < -0.39 is 15.8 Å². The smallest absolute Gasteiger partial charge is 0.263 e. The summed E-state index contributed by atoms with van der Waals surface area (Å²) < 4.78 is 42.1. The highest BCUT2D eigenvalue weighted by Crippen LogP contribution is 2.23. The Kier molecular flexibility index (Phi) is 3.56. The lowest BCUT2D eigenvalue weighted by Crippen LogP contribution is -2.17. The molecule has 0 atom stereocenters. The highest BCUT2D eigenvalue weighted by molar-refractivity contribution is 7.92. The standard InChI is InChI=1S/C13H16FN3O2S/c1-8-5-6-11(14)12(7-8)20(18,19)16-13-9(2)10(3)15-17(13)4/h5-7,16H,1-4H3. The van der Waals surface area contributed by atoms with E-state index in [1.807, 2.05) is 0 Å². The number of nitrogens with zero attached hydrogens (tertiary/aromatic N) is 2. The molecule has 0 saturated heterocycles. The maximum atomic E-state index is 13.7. The minimum atomic E-state index is -3.98. The van der Waals surface area contributed by atoms with Crippen molar-refractivity contribution < 1.29 is 12.8 Å². The summed E-state index contributed by atoms with van der Waals surface area (Å²) in [5, 5.41) is 4.12. The summed E-state index contributed by atoms with van der Waals surface area (Å²) >= 11 is 0. The summed E-state index contributed by atoms with van der Waals surface area (Å²) in [7, 11) is -2.35. The number of anilines is 1. The Morgan fingerprint density at radius 3 is 2.45 bits per heavy atom. The molecule has 108 valence electrons. The van der Waals surface area contributed by atoms with Crippen molar-refractivity contribution >= 4 is 15.8 Å². The largest absolute Gasteiger partial charge is 0.265 e. The van der Waals surface area contributed by atoms with E-state index >= 15 is 0 Å². The first-order valence-corrected chi connectivity index (χ1v) is 7.50. The molecule has 7 heteroatoms. The maximum Gasteiger partial charge on any atom is 0.265 e. The van der Waals surface area contributed by atoms with Crippen LogP contribution in [0.2, 0.25) is 0 Å². The second kappa shape index (κ2) is 4.90. The van der Waals surface area contributed by atoms with E-state index in [2.05, 4.69) is 9.82 Å². The van der Waals surface area contributed by atoms with Gasteiger partial charge in [-0.3, -0.25) is 9.40 Å². The zero-order valence-corrected chi connectivity index (χ0v) is 12.5. The molecule has 20 heavy (non-hydrogen) atoms. The van der Waals surface area contributed by atoms with Crippen molar-refractivity contribution in [2.75, 3.05) is 4.72 Å². The van der Waals surface area contributed by atoms with E-state index in [0.29, 0.717) is 16.9 Å². The van der Waals surface area contributed by atoms with Gasteiger partial charge in [0.25, 0.3) is 10.0 Å². The highest BCUT2D eigenvalue weighted by Gasteiger charge is 2.22. The Labute approximate surface area is 117 Å². The molecule has 0 amide bonds. The predicted molar refractivity (Wildman–Crippen MR) is 74.6 cm³/mol. The fourth-order valence-corrected chi connectivity index (χ4v) is 3.22. The molecule has 2 aromatic rings. The molecule has 0 fully saturated rings. The van der Waals surface area contributed by atoms with Crippen molar-refractivity contribution in [2.45, 2.75) is 25.7 Å². The van der Waals surface area contributed by atoms with Gasteiger partial charge in [-0.25, -0.2) is 12.8 Å². The second-order valence-electron chi connectivity index (χ2n) is 4.72. The number of rotatable bonds is 3. The SMILES string of the molecule is Cc1ccc(F)c(S(=O)(=O)Nc2c(C)c(C)nn2C)c1. The van der Waals surface area contributed by atoms with Crippen LogP contribution in [0.15, 0.2) is 23.1 Å². The van der Waals surface area contributed by atoms with Crippen molar-refractivity contribution in [3.8, 4) is 0 Å². The van der Waals surface area contributed by atoms with E-state index in [-0.39, 0.29) is 4.90 Å². The first kappa shape index (κ1) is 14.5. The molecule has 0 unspecified atom stereocenters. The van der Waals surface area contributed by atoms with Gasteiger partial charge in [-0.1, -0.05) is 6.07 Å². The Hall–Kier alpha value is -1.89. The van der Waals surface area contributed by atoms with Crippen molar-refractivity contribution in [3.63, 3.8) is 0 Å². The van der Waals surface area contributed by atoms with Gasteiger partial charge in [0, 0.05) is 12.6 Å². The lowest BCUT2D eigenvalue weighted by molar-refractivity contribution is 0.569. The van der Waals surface area contributed by atoms with Gasteiger partial charge in [0.2, 0.25) is 0 Å². The van der Waals surface area contributed by atoms with Crippen LogP contribution in [0.25, 0.3) is 0 Å². The number of aromatic nitrogens is 2. The summed E-state index contributed by atoms with van der Waals surface area (Å²) in [6, 6.07) is 3.97. The minimum Gasteiger partial charge on any atom is -0.263 e. The fourth-order valence-electron chi connectivity index (χ4n) is 1.91. The van der Waals surface area contributed by atoms with Gasteiger partial charge in [-0.05, 0) is 38.5 Å². The quantitative estimate of drug-likeness (QED) is 0.945. The normalized spacial score (nSPS) is 11.7. The van der Waals surface area contributed by atoms with Crippen LogP contribution in [0.4, 0.5) is 10.2 Å². The Morgan fingerprint density at radius 2 is 1.90 bits per heavy atom. The average Bonchev–Trinajstić information content (AvgIpc) is 2.59. The van der Waals surface area contributed by atoms with Crippen LogP contribution in [-0.2, 0) is 17.1 Å². The van der Waals surface area contributed by atoms with Gasteiger partial charge in [0.15, 0.2) is 0 Å². The summed E-state index contributed by atoms with van der Waals surface area (Å²) in [5.74, 6) is -0.442. The number of nitrogens with one attached hydrogen (secondary N) is 1. The van der Waals surface area contributed by atoms with Crippen molar-refractivity contribution in [2.24, 2.45) is 7.05 Å². The van der Waals surface area contributed by atoms with Crippen molar-refractivity contribution in [1.29, 1.82) is 0 Å². The minimum absolute atomic E-state index is 0.336. The van der Waals surface area contributed by atoms with E-state index in [1.54, 1.807) is 27.8 Å². The summed E-state index contributed by atoms with van der Waals surface area (Å²) in [5.41, 5.74) is 2.10. The molecule has 0 aliphatic carbocycles. The van der Waals surface area contributed by atoms with Crippen LogP contribution in [0.3, 0.4) is 0 Å². The Balaban J connectivity index is 2.49. The van der Waals surface area contributed by atoms with Crippen LogP contribution >= 0.6 is 0 Å². The molecule has 1 heterocycles. The number of hydrogen-bond donors (Lipinski definition) is 1. The molecular formula is C13H16FN3O2S. The molecular weight excluding hydrogens is 281 g/mol. The topological polar surface area (TPSA) is 64.0 Å². The van der Waals surface area contributed by atoms with E-state index in [4.69, 9.17) is 0 Å². The van der Waals surface area contributed by atoms with Gasteiger partial charge >= 0.3 is 0 Å². The molecule has 0 spiro atoms. The monoisotopic (exact) mass is 297 g/mol. The summed E-state index contributed by atoms with van der Waals surface area (Å²) in [6.45, 7) is 5.24. The fraction of sp³-hybridized carbons (Fsp3) is 0.308. The molecule has 0 aliphatic heterocycles. The van der Waals surface area contributed by atoms with Gasteiger partial charge in [-0.15, -0.1) is 0 Å². The zero-order chi connectivity index (χ0) is 15.1. The molecule has 1 N–H and O–H groups in total. The molecule has 1 aromatic heterocycles. The molecule has 1 aromatic carbocycles. The number of sulfonamides is 1. The molecule has 0 bridgehead atoms. The third kappa shape index (κ3) is 2.53. The molecule has 0 aliphatic rings. The van der Waals surface area contributed by atoms with Gasteiger partial charge in [0.1, 0.15) is 16.5 Å². The zero-order valence-electron chi connectivity index (χ0n) is 11.7. The summed E-state index contributed by atoms with van der Waals surface area (Å²) in [6.07, 6.45) is 0. The lowest BCUT2D eigenvalue weighted by Gasteiger charge is -2.10. The number of aryl methyl sites for hydroxylation is 3. The van der Waals surface area contributed by atoms with Crippen molar-refractivity contribution in [3.05, 3.63) is 40.8 Å². The Morgan fingerprint density at radius 1 is 1.25 bits per heavy atom. The molecule has 0 radical (unpaired) electrons. The van der Waals surface area contributed by atoms with Crippen LogP contribution in [0.1, 0.15) is 16.8 Å². The predicted octanol–water partition coefficient (Wildman–Crippen LogP) is 2.29. The van der Waals surface area contributed by atoms with E-state index in [9.17, 15) is 12.8 Å². The number of benzene rings is 1. The highest BCUT2D eigenvalue weighted by atomic mass is 32.2. The Bertz CT molecular complexity index is 766. The van der Waals surface area contributed by atoms with Gasteiger partial charge in [0.05, 0.1) is 5.69 Å². The second-order valence-corrected chi connectivity index (χ2v) is 6.37. The molecule has 0 saturated carbocycles. The average molecular weight is 297 g/mol. The maximum absolute atomic E-state index is 13.7. The van der Waals surface area contributed by atoms with Crippen LogP contribution in [0, 0.1) is 26.6 Å². The van der Waals surface area contributed by atoms with E-state index in [1.165, 1.54) is 16.8 Å². The van der Waals surface area contributed by atoms with Crippen molar-refractivity contribution in [1.82, 2.24) is 9.78 Å². The molecule has 2 rings (SSSR count). The van der Waals surface area contributed by atoms with Crippen LogP contribution in [-0.4, -0.2) is 18.2 Å². The first-order chi connectivity index (χ1) is 9.22.